The second kappa shape index (κ2) is 11.5. The monoisotopic (exact) mass is 455 g/mol. The zero-order chi connectivity index (χ0) is 23.0. The first-order valence-corrected chi connectivity index (χ1v) is 12.6. The summed E-state index contributed by atoms with van der Waals surface area (Å²) in [4.78, 5) is 44.1. The Balaban J connectivity index is 1.19. The molecule has 7 nitrogen and oxygen atoms in total. The van der Waals surface area contributed by atoms with Crippen LogP contribution in [0, 0.1) is 11.8 Å². The quantitative estimate of drug-likeness (QED) is 0.634. The highest BCUT2D eigenvalue weighted by Gasteiger charge is 2.33. The molecule has 2 heterocycles. The topological polar surface area (TPSA) is 70.2 Å². The molecule has 0 radical (unpaired) electrons. The molecule has 0 spiro atoms. The van der Waals surface area contributed by atoms with Crippen molar-refractivity contribution in [3.8, 4) is 5.75 Å². The van der Waals surface area contributed by atoms with Gasteiger partial charge in [-0.15, -0.1) is 0 Å². The van der Waals surface area contributed by atoms with Crippen molar-refractivity contribution < 1.29 is 19.1 Å². The molecule has 180 valence electrons. The molecule has 2 saturated heterocycles. The lowest BCUT2D eigenvalue weighted by atomic mass is 9.96. The number of para-hydroxylation sites is 1. The minimum atomic E-state index is -0.140. The van der Waals surface area contributed by atoms with E-state index in [0.717, 1.165) is 18.6 Å². The Morgan fingerprint density at radius 2 is 1.48 bits per heavy atom. The van der Waals surface area contributed by atoms with Crippen LogP contribution in [0.25, 0.3) is 0 Å². The lowest BCUT2D eigenvalue weighted by molar-refractivity contribution is -0.145. The van der Waals surface area contributed by atoms with Crippen LogP contribution in [0.5, 0.6) is 5.75 Å². The summed E-state index contributed by atoms with van der Waals surface area (Å²) < 4.78 is 5.65. The van der Waals surface area contributed by atoms with Gasteiger partial charge in [0.05, 0.1) is 18.9 Å². The van der Waals surface area contributed by atoms with Crippen molar-refractivity contribution in [2.75, 3.05) is 45.9 Å². The van der Waals surface area contributed by atoms with E-state index in [1.807, 2.05) is 45.0 Å². The number of ether oxygens (including phenoxy) is 1. The summed E-state index contributed by atoms with van der Waals surface area (Å²) >= 11 is 0. The Labute approximate surface area is 197 Å². The van der Waals surface area contributed by atoms with Gasteiger partial charge in [-0.25, -0.2) is 0 Å². The van der Waals surface area contributed by atoms with Crippen molar-refractivity contribution in [1.29, 1.82) is 0 Å². The number of piperidine rings is 1. The SMILES string of the molecule is O=C(CC1CCCC1)N1CCN(C(=O)C2CCCN(C(=O)CCOc3ccccc3)C2)CC1. The van der Waals surface area contributed by atoms with Gasteiger partial charge in [-0.3, -0.25) is 14.4 Å². The highest BCUT2D eigenvalue weighted by Crippen LogP contribution is 2.28. The molecule has 2 aliphatic heterocycles. The zero-order valence-electron chi connectivity index (χ0n) is 19.6. The third-order valence-electron chi connectivity index (χ3n) is 7.33. The van der Waals surface area contributed by atoms with Gasteiger partial charge < -0.3 is 19.4 Å². The van der Waals surface area contributed by atoms with E-state index in [4.69, 9.17) is 4.74 Å². The Kier molecular flexibility index (Phi) is 8.24. The average molecular weight is 456 g/mol. The van der Waals surface area contributed by atoms with Crippen molar-refractivity contribution >= 4 is 17.7 Å². The van der Waals surface area contributed by atoms with E-state index in [0.29, 0.717) is 64.6 Å². The van der Waals surface area contributed by atoms with E-state index in [9.17, 15) is 14.4 Å². The van der Waals surface area contributed by atoms with Crippen molar-refractivity contribution in [2.45, 2.75) is 51.4 Å². The number of nitrogens with zero attached hydrogens (tertiary/aromatic N) is 3. The van der Waals surface area contributed by atoms with E-state index in [2.05, 4.69) is 0 Å². The van der Waals surface area contributed by atoms with Crippen LogP contribution in [0.3, 0.4) is 0 Å². The molecule has 0 aromatic heterocycles. The molecule has 1 aliphatic carbocycles. The van der Waals surface area contributed by atoms with Gasteiger partial charge in [0, 0.05) is 45.7 Å². The van der Waals surface area contributed by atoms with Gasteiger partial charge in [-0.2, -0.15) is 0 Å². The summed E-state index contributed by atoms with van der Waals surface area (Å²) in [7, 11) is 0. The molecule has 4 rings (SSSR count). The molecule has 0 N–H and O–H groups in total. The van der Waals surface area contributed by atoms with E-state index in [1.165, 1.54) is 25.7 Å². The van der Waals surface area contributed by atoms with Gasteiger partial charge in [0.15, 0.2) is 0 Å². The van der Waals surface area contributed by atoms with Crippen LogP contribution in [0.15, 0.2) is 30.3 Å². The molecule has 1 saturated carbocycles. The summed E-state index contributed by atoms with van der Waals surface area (Å²) in [5.41, 5.74) is 0. The minimum absolute atomic E-state index is 0.0470. The van der Waals surface area contributed by atoms with E-state index in [-0.39, 0.29) is 23.6 Å². The number of hydrogen-bond donors (Lipinski definition) is 0. The fourth-order valence-electron chi connectivity index (χ4n) is 5.36. The number of amides is 3. The third-order valence-corrected chi connectivity index (χ3v) is 7.33. The molecule has 1 aromatic rings. The van der Waals surface area contributed by atoms with E-state index < -0.39 is 0 Å². The molecule has 7 heteroatoms. The third kappa shape index (κ3) is 6.49. The van der Waals surface area contributed by atoms with Crippen LogP contribution >= 0.6 is 0 Å². The first-order valence-electron chi connectivity index (χ1n) is 12.6. The average Bonchev–Trinajstić information content (AvgIpc) is 3.37. The number of benzene rings is 1. The van der Waals surface area contributed by atoms with Crippen LogP contribution in [0.2, 0.25) is 0 Å². The van der Waals surface area contributed by atoms with Crippen molar-refractivity contribution in [3.63, 3.8) is 0 Å². The molecular formula is C26H37N3O4. The van der Waals surface area contributed by atoms with Gasteiger partial charge >= 0.3 is 0 Å². The molecule has 1 aromatic carbocycles. The Hall–Kier alpha value is -2.57. The van der Waals surface area contributed by atoms with Gasteiger partial charge in [-0.1, -0.05) is 31.0 Å². The largest absolute Gasteiger partial charge is 0.493 e. The Morgan fingerprint density at radius 1 is 0.788 bits per heavy atom. The van der Waals surface area contributed by atoms with E-state index >= 15 is 0 Å². The van der Waals surface area contributed by atoms with Crippen LogP contribution in [0.1, 0.15) is 51.4 Å². The van der Waals surface area contributed by atoms with Crippen LogP contribution in [-0.2, 0) is 14.4 Å². The highest BCUT2D eigenvalue weighted by molar-refractivity contribution is 5.82. The molecule has 33 heavy (non-hydrogen) atoms. The highest BCUT2D eigenvalue weighted by atomic mass is 16.5. The zero-order valence-corrected chi connectivity index (χ0v) is 19.6. The maximum absolute atomic E-state index is 13.1. The number of carbonyl (C=O) groups excluding carboxylic acids is 3. The molecule has 3 aliphatic rings. The predicted octanol–water partition coefficient (Wildman–Crippen LogP) is 2.95. The van der Waals surface area contributed by atoms with Gasteiger partial charge in [0.1, 0.15) is 5.75 Å². The fourth-order valence-corrected chi connectivity index (χ4v) is 5.36. The van der Waals surface area contributed by atoms with Crippen molar-refractivity contribution in [2.24, 2.45) is 11.8 Å². The first-order chi connectivity index (χ1) is 16.1. The molecule has 3 fully saturated rings. The van der Waals surface area contributed by atoms with Crippen LogP contribution < -0.4 is 4.74 Å². The van der Waals surface area contributed by atoms with Crippen molar-refractivity contribution in [1.82, 2.24) is 14.7 Å². The summed E-state index contributed by atoms with van der Waals surface area (Å²) in [5, 5.41) is 0. The number of piperazine rings is 1. The Bertz CT molecular complexity index is 801. The minimum Gasteiger partial charge on any atom is -0.493 e. The standard InChI is InChI=1S/C26H37N3O4/c30-24(12-18-33-23-10-2-1-3-11-23)29-13-6-9-22(20-29)26(32)28-16-14-27(15-17-28)25(31)19-21-7-4-5-8-21/h1-3,10-11,21-22H,4-9,12-20H2. The second-order valence-electron chi connectivity index (χ2n) is 9.65. The van der Waals surface area contributed by atoms with Crippen LogP contribution in [-0.4, -0.2) is 78.3 Å². The number of rotatable bonds is 7. The smallest absolute Gasteiger partial charge is 0.227 e. The molecule has 1 unspecified atom stereocenters. The lowest BCUT2D eigenvalue weighted by Gasteiger charge is -2.39. The molecule has 0 bridgehead atoms. The molecule has 3 amide bonds. The lowest BCUT2D eigenvalue weighted by Crippen LogP contribution is -2.54. The summed E-state index contributed by atoms with van der Waals surface area (Å²) in [6.07, 6.45) is 7.52. The maximum Gasteiger partial charge on any atom is 0.227 e. The number of likely N-dealkylation sites (tertiary alicyclic amines) is 1. The van der Waals surface area contributed by atoms with E-state index in [1.54, 1.807) is 0 Å². The second-order valence-corrected chi connectivity index (χ2v) is 9.65. The summed E-state index contributed by atoms with van der Waals surface area (Å²) in [5.74, 6) is 1.61. The molecule has 1 atom stereocenters. The fraction of sp³-hybridized carbons (Fsp3) is 0.654. The predicted molar refractivity (Wildman–Crippen MR) is 126 cm³/mol. The summed E-state index contributed by atoms with van der Waals surface area (Å²) in [6.45, 7) is 4.00. The Morgan fingerprint density at radius 3 is 2.21 bits per heavy atom. The molecular weight excluding hydrogens is 418 g/mol. The van der Waals surface area contributed by atoms with Crippen LogP contribution in [0.4, 0.5) is 0 Å². The summed E-state index contributed by atoms with van der Waals surface area (Å²) in [6, 6.07) is 9.49. The number of hydrogen-bond acceptors (Lipinski definition) is 4. The van der Waals surface area contributed by atoms with Crippen molar-refractivity contribution in [3.05, 3.63) is 30.3 Å². The van der Waals surface area contributed by atoms with Gasteiger partial charge in [-0.05, 0) is 43.7 Å². The number of carbonyl (C=O) groups is 3. The first kappa shape index (κ1) is 23.6. The normalized spacial score (nSPS) is 21.8. The van der Waals surface area contributed by atoms with Gasteiger partial charge in [0.25, 0.3) is 0 Å². The maximum atomic E-state index is 13.1. The van der Waals surface area contributed by atoms with Gasteiger partial charge in [0.2, 0.25) is 17.7 Å².